The highest BCUT2D eigenvalue weighted by Crippen LogP contribution is 2.37. The number of rotatable bonds is 5. The summed E-state index contributed by atoms with van der Waals surface area (Å²) in [6.07, 6.45) is 1.56. The number of esters is 1. The Balaban J connectivity index is 1.87. The van der Waals surface area contributed by atoms with Crippen molar-refractivity contribution in [3.8, 4) is 5.75 Å². The standard InChI is InChI=1S/C19H14ClNO5S/c1-25-17(22)11-26-15-8-3-2-5-12(15)9-16-18(23)21(19(24)27-16)14-7-4-6-13(20)10-14/h2-10H,11H2,1H3/b16-9+. The van der Waals surface area contributed by atoms with Crippen LogP contribution < -0.4 is 9.64 Å². The van der Waals surface area contributed by atoms with Gasteiger partial charge in [-0.05, 0) is 42.1 Å². The molecule has 0 spiro atoms. The first-order valence-corrected chi connectivity index (χ1v) is 9.01. The largest absolute Gasteiger partial charge is 0.481 e. The van der Waals surface area contributed by atoms with Crippen LogP contribution in [0.3, 0.4) is 0 Å². The molecular weight excluding hydrogens is 390 g/mol. The fourth-order valence-electron chi connectivity index (χ4n) is 2.37. The van der Waals surface area contributed by atoms with Gasteiger partial charge < -0.3 is 9.47 Å². The van der Waals surface area contributed by atoms with Crippen molar-refractivity contribution in [1.82, 2.24) is 0 Å². The second-order valence-corrected chi connectivity index (χ2v) is 6.83. The summed E-state index contributed by atoms with van der Waals surface area (Å²) in [6.45, 7) is -0.259. The average molecular weight is 404 g/mol. The maximum atomic E-state index is 12.7. The van der Waals surface area contributed by atoms with Crippen LogP contribution in [-0.2, 0) is 14.3 Å². The number of para-hydroxylation sites is 1. The maximum Gasteiger partial charge on any atom is 0.343 e. The summed E-state index contributed by atoms with van der Waals surface area (Å²) in [4.78, 5) is 37.6. The average Bonchev–Trinajstić information content (AvgIpc) is 2.94. The molecule has 0 saturated carbocycles. The van der Waals surface area contributed by atoms with Crippen molar-refractivity contribution in [2.24, 2.45) is 0 Å². The summed E-state index contributed by atoms with van der Waals surface area (Å²) in [7, 11) is 1.27. The van der Waals surface area contributed by atoms with Crippen LogP contribution in [0.1, 0.15) is 5.56 Å². The van der Waals surface area contributed by atoms with Crippen molar-refractivity contribution < 1.29 is 23.9 Å². The first-order valence-electron chi connectivity index (χ1n) is 7.82. The third-order valence-corrected chi connectivity index (χ3v) is 4.74. The van der Waals surface area contributed by atoms with Crippen LogP contribution >= 0.6 is 23.4 Å². The molecule has 3 rings (SSSR count). The molecule has 1 aliphatic rings. The number of thioether (sulfide) groups is 1. The van der Waals surface area contributed by atoms with Crippen molar-refractivity contribution in [3.63, 3.8) is 0 Å². The van der Waals surface area contributed by atoms with E-state index >= 15 is 0 Å². The smallest absolute Gasteiger partial charge is 0.343 e. The predicted molar refractivity (Wildman–Crippen MR) is 104 cm³/mol. The minimum Gasteiger partial charge on any atom is -0.481 e. The van der Waals surface area contributed by atoms with Gasteiger partial charge in [0.25, 0.3) is 11.1 Å². The molecule has 0 aromatic heterocycles. The minimum absolute atomic E-state index is 0.245. The Labute approximate surface area is 164 Å². The molecule has 0 bridgehead atoms. The van der Waals surface area contributed by atoms with Gasteiger partial charge in [0.05, 0.1) is 17.7 Å². The van der Waals surface area contributed by atoms with Gasteiger partial charge in [0, 0.05) is 10.6 Å². The van der Waals surface area contributed by atoms with Gasteiger partial charge in [-0.25, -0.2) is 9.69 Å². The normalized spacial score (nSPS) is 15.3. The van der Waals surface area contributed by atoms with Crippen LogP contribution in [0.4, 0.5) is 10.5 Å². The van der Waals surface area contributed by atoms with E-state index in [0.717, 1.165) is 16.7 Å². The zero-order valence-electron chi connectivity index (χ0n) is 14.2. The Bertz CT molecular complexity index is 943. The summed E-state index contributed by atoms with van der Waals surface area (Å²) in [6, 6.07) is 13.4. The summed E-state index contributed by atoms with van der Waals surface area (Å²) in [5.74, 6) is -0.571. The van der Waals surface area contributed by atoms with Crippen LogP contribution in [0.5, 0.6) is 5.75 Å². The van der Waals surface area contributed by atoms with Crippen molar-refractivity contribution >= 4 is 52.2 Å². The number of amides is 2. The first kappa shape index (κ1) is 19.0. The number of imide groups is 1. The number of nitrogens with zero attached hydrogens (tertiary/aromatic N) is 1. The SMILES string of the molecule is COC(=O)COc1ccccc1/C=C1/SC(=O)N(c2cccc(Cl)c2)C1=O. The van der Waals surface area contributed by atoms with E-state index in [4.69, 9.17) is 16.3 Å². The van der Waals surface area contributed by atoms with Gasteiger partial charge >= 0.3 is 5.97 Å². The molecular formula is C19H14ClNO5S. The molecule has 6 nitrogen and oxygen atoms in total. The molecule has 138 valence electrons. The van der Waals surface area contributed by atoms with Gasteiger partial charge in [0.2, 0.25) is 0 Å². The lowest BCUT2D eigenvalue weighted by molar-refractivity contribution is -0.142. The molecule has 1 saturated heterocycles. The van der Waals surface area contributed by atoms with Crippen LogP contribution in [0.2, 0.25) is 5.02 Å². The van der Waals surface area contributed by atoms with Crippen LogP contribution in [-0.4, -0.2) is 30.8 Å². The second-order valence-electron chi connectivity index (χ2n) is 5.40. The van der Waals surface area contributed by atoms with E-state index in [0.29, 0.717) is 22.0 Å². The van der Waals surface area contributed by atoms with Gasteiger partial charge in [-0.15, -0.1) is 0 Å². The number of carbonyl (C=O) groups excluding carboxylic acids is 3. The second kappa shape index (κ2) is 8.28. The molecule has 0 aliphatic carbocycles. The molecule has 2 aromatic carbocycles. The van der Waals surface area contributed by atoms with Crippen molar-refractivity contribution in [2.75, 3.05) is 18.6 Å². The quantitative estimate of drug-likeness (QED) is 0.552. The number of halogens is 1. The lowest BCUT2D eigenvalue weighted by Gasteiger charge is -2.12. The number of methoxy groups -OCH3 is 1. The number of benzene rings is 2. The van der Waals surface area contributed by atoms with Gasteiger partial charge in [-0.2, -0.15) is 0 Å². The van der Waals surface area contributed by atoms with Gasteiger partial charge in [-0.3, -0.25) is 9.59 Å². The highest BCUT2D eigenvalue weighted by atomic mass is 35.5. The van der Waals surface area contributed by atoms with Gasteiger partial charge in [-0.1, -0.05) is 35.9 Å². The van der Waals surface area contributed by atoms with E-state index in [1.807, 2.05) is 0 Å². The van der Waals surface area contributed by atoms with Crippen molar-refractivity contribution in [3.05, 3.63) is 64.0 Å². The lowest BCUT2D eigenvalue weighted by atomic mass is 10.2. The van der Waals surface area contributed by atoms with Gasteiger partial charge in [0.15, 0.2) is 6.61 Å². The number of hydrogen-bond donors (Lipinski definition) is 0. The molecule has 1 heterocycles. The monoisotopic (exact) mass is 403 g/mol. The van der Waals surface area contributed by atoms with E-state index in [-0.39, 0.29) is 11.5 Å². The number of hydrogen-bond acceptors (Lipinski definition) is 6. The van der Waals surface area contributed by atoms with Gasteiger partial charge in [0.1, 0.15) is 5.75 Å². The zero-order valence-corrected chi connectivity index (χ0v) is 15.8. The Kier molecular flexibility index (Phi) is 5.83. The number of carbonyl (C=O) groups is 3. The number of anilines is 1. The molecule has 2 amide bonds. The zero-order chi connectivity index (χ0) is 19.4. The molecule has 0 N–H and O–H groups in total. The molecule has 27 heavy (non-hydrogen) atoms. The Morgan fingerprint density at radius 2 is 1.96 bits per heavy atom. The van der Waals surface area contributed by atoms with E-state index in [2.05, 4.69) is 4.74 Å². The third kappa shape index (κ3) is 4.32. The maximum absolute atomic E-state index is 12.7. The topological polar surface area (TPSA) is 72.9 Å². The first-order chi connectivity index (χ1) is 13.0. The third-order valence-electron chi connectivity index (χ3n) is 3.64. The van der Waals surface area contributed by atoms with E-state index in [9.17, 15) is 14.4 Å². The molecule has 0 atom stereocenters. The summed E-state index contributed by atoms with van der Waals surface area (Å²) >= 11 is 6.78. The van der Waals surface area contributed by atoms with Crippen LogP contribution in [0.15, 0.2) is 53.4 Å². The molecule has 2 aromatic rings. The van der Waals surface area contributed by atoms with Crippen molar-refractivity contribution in [2.45, 2.75) is 0 Å². The summed E-state index contributed by atoms with van der Waals surface area (Å²) < 4.78 is 9.98. The fraction of sp³-hybridized carbons (Fsp3) is 0.105. The summed E-state index contributed by atoms with van der Waals surface area (Å²) in [5, 5.41) is 0.0126. The van der Waals surface area contributed by atoms with E-state index in [1.54, 1.807) is 54.6 Å². The fourth-order valence-corrected chi connectivity index (χ4v) is 3.39. The molecule has 0 radical (unpaired) electrons. The van der Waals surface area contributed by atoms with E-state index < -0.39 is 17.1 Å². The molecule has 1 aliphatic heterocycles. The molecule has 1 fully saturated rings. The summed E-state index contributed by atoms with van der Waals surface area (Å²) in [5.41, 5.74) is 0.974. The minimum atomic E-state index is -0.522. The Morgan fingerprint density at radius 1 is 1.19 bits per heavy atom. The molecule has 0 unspecified atom stereocenters. The van der Waals surface area contributed by atoms with Crippen molar-refractivity contribution in [1.29, 1.82) is 0 Å². The van der Waals surface area contributed by atoms with Crippen LogP contribution in [0.25, 0.3) is 6.08 Å². The number of ether oxygens (including phenoxy) is 2. The highest BCUT2D eigenvalue weighted by Gasteiger charge is 2.36. The Morgan fingerprint density at radius 3 is 2.70 bits per heavy atom. The van der Waals surface area contributed by atoms with E-state index in [1.165, 1.54) is 7.11 Å². The predicted octanol–water partition coefficient (Wildman–Crippen LogP) is 4.13. The highest BCUT2D eigenvalue weighted by molar-refractivity contribution is 8.19. The lowest BCUT2D eigenvalue weighted by Crippen LogP contribution is -2.27. The molecule has 8 heteroatoms. The van der Waals surface area contributed by atoms with Crippen LogP contribution in [0, 0.1) is 0 Å². The Hall–Kier alpha value is -2.77.